The fourth-order valence-corrected chi connectivity index (χ4v) is 8.22. The summed E-state index contributed by atoms with van der Waals surface area (Å²) in [6.45, 7) is 29.2. The largest absolute Gasteiger partial charge is 4.00 e. The van der Waals surface area contributed by atoms with Crippen LogP contribution in [0.5, 0.6) is 11.5 Å². The van der Waals surface area contributed by atoms with Crippen molar-refractivity contribution in [2.75, 3.05) is 21.4 Å². The molecule has 448 valence electrons. The van der Waals surface area contributed by atoms with E-state index in [0.717, 1.165) is 55.6 Å². The molecule has 83 heavy (non-hydrogen) atoms. The monoisotopic (exact) mass is 1320 g/mol. The van der Waals surface area contributed by atoms with Gasteiger partial charge < -0.3 is 20.4 Å². The van der Waals surface area contributed by atoms with Crippen LogP contribution in [0.25, 0.3) is 11.5 Å². The maximum atomic E-state index is 13.3. The minimum absolute atomic E-state index is 0. The van der Waals surface area contributed by atoms with Gasteiger partial charge in [0.15, 0.2) is 11.6 Å². The summed E-state index contributed by atoms with van der Waals surface area (Å²) >= 11 is 38.1. The molecular formula is C68H80Cl8O6Ti. The molecule has 15 heteroatoms. The van der Waals surface area contributed by atoms with E-state index in [9.17, 15) is 30.0 Å². The van der Waals surface area contributed by atoms with Gasteiger partial charge in [-0.1, -0.05) is 238 Å². The predicted molar refractivity (Wildman–Crippen MR) is 348 cm³/mol. The number of rotatable bonds is 12. The Balaban J connectivity index is 0.00000135. The zero-order valence-corrected chi connectivity index (χ0v) is 57.9. The van der Waals surface area contributed by atoms with Crippen molar-refractivity contribution in [2.45, 2.75) is 144 Å². The van der Waals surface area contributed by atoms with Crippen molar-refractivity contribution in [1.29, 1.82) is 0 Å². The van der Waals surface area contributed by atoms with Crippen LogP contribution in [-0.2, 0) is 69.1 Å². The van der Waals surface area contributed by atoms with E-state index in [1.807, 2.05) is 74.5 Å². The molecule has 0 spiro atoms. The normalized spacial score (nSPS) is 11.5. The number of hydrogen-bond acceptors (Lipinski definition) is 6. The van der Waals surface area contributed by atoms with Gasteiger partial charge >= 0.3 is 21.7 Å². The van der Waals surface area contributed by atoms with Crippen LogP contribution in [0, 0.1) is 13.8 Å². The van der Waals surface area contributed by atoms with E-state index < -0.39 is 0 Å². The van der Waals surface area contributed by atoms with Gasteiger partial charge in [0.1, 0.15) is 0 Å². The molecule has 0 radical (unpaired) electrons. The van der Waals surface area contributed by atoms with Gasteiger partial charge in [-0.15, -0.1) is 104 Å². The Bertz CT molecular complexity index is 2780. The molecule has 0 unspecified atom stereocenters. The average Bonchev–Trinajstić information content (AvgIpc) is 3.45. The summed E-state index contributed by atoms with van der Waals surface area (Å²) < 4.78 is 0. The van der Waals surface area contributed by atoms with E-state index in [4.69, 9.17) is 92.8 Å². The summed E-state index contributed by atoms with van der Waals surface area (Å²) in [5, 5.41) is 53.5. The van der Waals surface area contributed by atoms with Crippen LogP contribution in [-0.4, -0.2) is 32.9 Å². The molecule has 0 bridgehead atoms. The third-order valence-electron chi connectivity index (χ3n) is 12.8. The zero-order valence-electron chi connectivity index (χ0n) is 50.3. The SMILES string of the molecule is Cc1ccc(C(=O)/C=C(\[O-])c2ccccc2CCc2cc(C(C)(C)C)cc(C(C)(C)C)c2[O-])cc1.Cc1ccc(C(=O)/C=C(\[O-])c2ccccc2CCc2cc(C(C)(C)C)cc(C(C)(C)C)c2[O-])cc1.ClCCl.ClCCl.ClCCl.ClCCl.[Ti+4]. The van der Waals surface area contributed by atoms with E-state index in [1.165, 1.54) is 12.2 Å². The fourth-order valence-electron chi connectivity index (χ4n) is 8.22. The first-order valence-electron chi connectivity index (χ1n) is 26.5. The number of aryl methyl sites for hydroxylation is 6. The number of allylic oxidation sites excluding steroid dienone is 2. The van der Waals surface area contributed by atoms with Crippen LogP contribution in [0.4, 0.5) is 0 Å². The van der Waals surface area contributed by atoms with E-state index in [0.29, 0.717) is 47.9 Å². The molecule has 0 saturated carbocycles. The Morgan fingerprint density at radius 1 is 0.398 bits per heavy atom. The first-order chi connectivity index (χ1) is 38.2. The van der Waals surface area contributed by atoms with Crippen molar-refractivity contribution in [1.82, 2.24) is 0 Å². The molecule has 0 saturated heterocycles. The molecule has 6 aromatic carbocycles. The topological polar surface area (TPSA) is 126 Å². The molecule has 6 rings (SSSR count). The molecule has 6 nitrogen and oxygen atoms in total. The summed E-state index contributed by atoms with van der Waals surface area (Å²) in [6.07, 6.45) is 4.48. The molecule has 0 aromatic heterocycles. The Labute approximate surface area is 551 Å². The van der Waals surface area contributed by atoms with Gasteiger partial charge in [0.05, 0.1) is 21.4 Å². The third-order valence-corrected chi connectivity index (χ3v) is 12.8. The summed E-state index contributed by atoms with van der Waals surface area (Å²) in [4.78, 5) is 25.2. The van der Waals surface area contributed by atoms with Crippen molar-refractivity contribution in [3.8, 4) is 11.5 Å². The maximum Gasteiger partial charge on any atom is 4.00 e. The predicted octanol–water partition coefficient (Wildman–Crippen LogP) is 17.7. The van der Waals surface area contributed by atoms with Gasteiger partial charge in [-0.2, -0.15) is 0 Å². The van der Waals surface area contributed by atoms with Crippen LogP contribution in [0.1, 0.15) is 171 Å². The first-order valence-corrected chi connectivity index (χ1v) is 30.8. The summed E-state index contributed by atoms with van der Waals surface area (Å²) in [5.41, 5.74) is 10.5. The standard InChI is InChI=1S/2C32H38O3.4CH2Cl2.Ti/c2*1-21-12-14-23(15-13-21)28(33)20-29(34)26-11-9-8-10-22(26)16-17-24-18-25(31(2,3)4)19-27(30(24)35)32(5,6)7;4*2-1-3;/h2*8-15,18-20,34-35H,16-17H2,1-7H3;4*1H2;/q;;;;;;+4/p-4/b2*29-20-;;;;;. The second-order valence-electron chi connectivity index (χ2n) is 23.2. The molecule has 0 fully saturated rings. The quantitative estimate of drug-likeness (QED) is 0.0395. The molecule has 6 aromatic rings. The van der Waals surface area contributed by atoms with Crippen molar-refractivity contribution in [3.05, 3.63) is 211 Å². The summed E-state index contributed by atoms with van der Waals surface area (Å²) in [7, 11) is 0. The van der Waals surface area contributed by atoms with Gasteiger partial charge in [0.2, 0.25) is 0 Å². The molecule has 0 N–H and O–H groups in total. The van der Waals surface area contributed by atoms with Gasteiger partial charge in [-0.05, 0) is 118 Å². The second kappa shape index (κ2) is 38.5. The van der Waals surface area contributed by atoms with Crippen LogP contribution in [0.2, 0.25) is 0 Å². The minimum Gasteiger partial charge on any atom is -0.872 e. The Morgan fingerprint density at radius 3 is 0.904 bits per heavy atom. The molecule has 0 amide bonds. The van der Waals surface area contributed by atoms with Gasteiger partial charge in [0.25, 0.3) is 0 Å². The minimum atomic E-state index is -0.313. The van der Waals surface area contributed by atoms with Crippen LogP contribution in [0.3, 0.4) is 0 Å². The number of carbonyl (C=O) groups excluding carboxylic acids is 2. The fraction of sp³-hybridized carbons (Fsp3) is 0.382. The third kappa shape index (κ3) is 27.7. The zero-order chi connectivity index (χ0) is 62.8. The van der Waals surface area contributed by atoms with Crippen LogP contribution < -0.4 is 20.4 Å². The van der Waals surface area contributed by atoms with Crippen molar-refractivity contribution in [2.24, 2.45) is 0 Å². The first kappa shape index (κ1) is 79.4. The molecular weight excluding hydrogens is 1240 g/mol. The number of benzene rings is 6. The van der Waals surface area contributed by atoms with E-state index >= 15 is 0 Å². The second-order valence-corrected chi connectivity index (χ2v) is 26.5. The van der Waals surface area contributed by atoms with Gasteiger partial charge in [-0.3, -0.25) is 9.59 Å². The van der Waals surface area contributed by atoms with Crippen molar-refractivity contribution in [3.63, 3.8) is 0 Å². The Hall–Kier alpha value is -3.63. The van der Waals surface area contributed by atoms with Crippen molar-refractivity contribution >= 4 is 116 Å². The number of ketones is 2. The number of alkyl halides is 8. The molecule has 0 aliphatic carbocycles. The molecule has 0 atom stereocenters. The summed E-state index contributed by atoms with van der Waals surface area (Å²) in [5.74, 6) is -1.08. The van der Waals surface area contributed by atoms with Crippen molar-refractivity contribution < 1.29 is 51.7 Å². The average molecular weight is 1320 g/mol. The number of hydrogen-bond donors (Lipinski definition) is 0. The van der Waals surface area contributed by atoms with E-state index in [2.05, 4.69) is 95.2 Å². The molecule has 0 aliphatic rings. The number of carbonyl (C=O) groups is 2. The Kier molecular flexibility index (Phi) is 36.8. The smallest absolute Gasteiger partial charge is 0.872 e. The Morgan fingerprint density at radius 2 is 0.651 bits per heavy atom. The summed E-state index contributed by atoms with van der Waals surface area (Å²) in [6, 6.07) is 37.2. The van der Waals surface area contributed by atoms with E-state index in [-0.39, 0.29) is 99.3 Å². The maximum absolute atomic E-state index is 13.3. The van der Waals surface area contributed by atoms with Gasteiger partial charge in [0, 0.05) is 11.1 Å². The van der Waals surface area contributed by atoms with Gasteiger partial charge in [-0.25, -0.2) is 0 Å². The van der Waals surface area contributed by atoms with Crippen LogP contribution in [0.15, 0.2) is 133 Å². The van der Waals surface area contributed by atoms with E-state index in [1.54, 1.807) is 48.5 Å². The molecule has 0 aliphatic heterocycles. The van der Waals surface area contributed by atoms with Crippen LogP contribution >= 0.6 is 92.8 Å². The number of halogens is 8. The molecule has 0 heterocycles.